The van der Waals surface area contributed by atoms with Crippen LogP contribution in [-0.4, -0.2) is 78.1 Å². The van der Waals surface area contributed by atoms with Gasteiger partial charge in [-0.2, -0.15) is 4.98 Å². The minimum atomic E-state index is -0.570. The summed E-state index contributed by atoms with van der Waals surface area (Å²) in [6, 6.07) is -0.0993. The number of piperazine rings is 1. The van der Waals surface area contributed by atoms with Gasteiger partial charge in [0.2, 0.25) is 11.9 Å². The van der Waals surface area contributed by atoms with Gasteiger partial charge in [0.1, 0.15) is 0 Å². The van der Waals surface area contributed by atoms with Crippen LogP contribution >= 0.6 is 0 Å². The number of halogens is 1. The van der Waals surface area contributed by atoms with Crippen LogP contribution in [0.25, 0.3) is 0 Å². The molecule has 10 heteroatoms. The summed E-state index contributed by atoms with van der Waals surface area (Å²) in [4.78, 5) is 24.8. The predicted octanol–water partition coefficient (Wildman–Crippen LogP) is 1.69. The summed E-state index contributed by atoms with van der Waals surface area (Å²) in [5.74, 6) is -0.943. The van der Waals surface area contributed by atoms with E-state index in [0.717, 1.165) is 56.5 Å². The number of nitrogens with two attached hydrogens (primary N) is 1. The molecule has 178 valence electrons. The maximum Gasteiger partial charge on any atom is 0.229 e. The van der Waals surface area contributed by atoms with Gasteiger partial charge in [0.15, 0.2) is 11.6 Å². The second kappa shape index (κ2) is 10.3. The second-order valence-corrected chi connectivity index (χ2v) is 8.80. The minimum Gasteiger partial charge on any atom is -0.504 e. The van der Waals surface area contributed by atoms with Crippen molar-refractivity contribution in [1.29, 1.82) is 0 Å². The van der Waals surface area contributed by atoms with Crippen LogP contribution in [0.2, 0.25) is 0 Å². The van der Waals surface area contributed by atoms with Gasteiger partial charge in [0.05, 0.1) is 31.5 Å². The number of aromatic nitrogens is 2. The molecule has 1 amide bonds. The van der Waals surface area contributed by atoms with Crippen LogP contribution in [0.1, 0.15) is 19.3 Å². The van der Waals surface area contributed by atoms with Crippen molar-refractivity contribution in [3.8, 4) is 0 Å². The van der Waals surface area contributed by atoms with E-state index in [4.69, 9.17) is 10.5 Å². The van der Waals surface area contributed by atoms with Crippen LogP contribution in [0.4, 0.5) is 16.2 Å². The number of hydrogen-bond acceptors (Lipinski definition) is 8. The van der Waals surface area contributed by atoms with Crippen LogP contribution in [0.3, 0.4) is 0 Å². The third-order valence-corrected chi connectivity index (χ3v) is 6.51. The Balaban J connectivity index is 1.47. The van der Waals surface area contributed by atoms with E-state index in [2.05, 4.69) is 43.5 Å². The number of nitrogens with one attached hydrogen (secondary N) is 2. The van der Waals surface area contributed by atoms with E-state index < -0.39 is 5.82 Å². The Morgan fingerprint density at radius 3 is 2.82 bits per heavy atom. The van der Waals surface area contributed by atoms with Crippen molar-refractivity contribution >= 4 is 17.7 Å². The van der Waals surface area contributed by atoms with Crippen LogP contribution in [0.15, 0.2) is 42.0 Å². The number of carbonyl (C=O) groups excluding carboxylic acids is 1. The second-order valence-electron chi connectivity index (χ2n) is 8.80. The van der Waals surface area contributed by atoms with Crippen molar-refractivity contribution in [2.24, 2.45) is 11.7 Å². The fraction of sp³-hybridized carbons (Fsp3) is 0.522. The zero-order valence-electron chi connectivity index (χ0n) is 19.1. The number of rotatable bonds is 7. The number of ether oxygens (including phenoxy) is 1. The molecule has 33 heavy (non-hydrogen) atoms. The quantitative estimate of drug-likeness (QED) is 0.531. The molecular weight excluding hydrogens is 425 g/mol. The highest BCUT2D eigenvalue weighted by Gasteiger charge is 2.32. The molecule has 1 saturated heterocycles. The van der Waals surface area contributed by atoms with E-state index in [0.29, 0.717) is 6.42 Å². The topological polar surface area (TPSA) is 109 Å². The van der Waals surface area contributed by atoms with Crippen LogP contribution in [-0.2, 0) is 9.53 Å². The normalized spacial score (nSPS) is 27.4. The average molecular weight is 458 g/mol. The summed E-state index contributed by atoms with van der Waals surface area (Å²) < 4.78 is 19.7. The maximum absolute atomic E-state index is 14.4. The summed E-state index contributed by atoms with van der Waals surface area (Å²) >= 11 is 0. The molecule has 9 nitrogen and oxygen atoms in total. The van der Waals surface area contributed by atoms with Gasteiger partial charge in [-0.3, -0.25) is 9.69 Å². The highest BCUT2D eigenvalue weighted by atomic mass is 19.1. The molecule has 0 spiro atoms. The molecule has 1 aliphatic heterocycles. The van der Waals surface area contributed by atoms with Crippen molar-refractivity contribution in [3.05, 3.63) is 47.8 Å². The molecule has 0 radical (unpaired) electrons. The van der Waals surface area contributed by atoms with Crippen molar-refractivity contribution in [1.82, 2.24) is 19.8 Å². The first kappa shape index (κ1) is 23.2. The Kier molecular flexibility index (Phi) is 7.24. The first-order valence-corrected chi connectivity index (χ1v) is 11.4. The Bertz CT molecular complexity index is 956. The number of likely N-dealkylation sites (N-methyl/N-ethyl adjacent to an activating group) is 1. The largest absolute Gasteiger partial charge is 0.504 e. The third-order valence-electron chi connectivity index (χ3n) is 6.51. The molecule has 4 rings (SSSR count). The zero-order chi connectivity index (χ0) is 23.4. The number of allylic oxidation sites excluding steroid dienone is 1. The SMILES string of the molecule is COC=C1C=C(Nc2ncc(F)c(N[C@@H]3CCC[C@@H]3C(N)=O)n2)C=CC1N1CCN(C)CC1. The number of methoxy groups -OCH3 is 1. The van der Waals surface area contributed by atoms with E-state index in [9.17, 15) is 9.18 Å². The number of hydrogen-bond donors (Lipinski definition) is 3. The van der Waals surface area contributed by atoms with Crippen molar-refractivity contribution < 1.29 is 13.9 Å². The van der Waals surface area contributed by atoms with Crippen LogP contribution in [0.5, 0.6) is 0 Å². The molecule has 0 bridgehead atoms. The molecule has 1 aromatic heterocycles. The fourth-order valence-electron chi connectivity index (χ4n) is 4.68. The third kappa shape index (κ3) is 5.51. The van der Waals surface area contributed by atoms with Crippen LogP contribution < -0.4 is 16.4 Å². The molecule has 2 fully saturated rings. The molecule has 2 heterocycles. The first-order chi connectivity index (χ1) is 15.9. The summed E-state index contributed by atoms with van der Waals surface area (Å²) in [6.07, 6.45) is 11.3. The average Bonchev–Trinajstić information content (AvgIpc) is 3.26. The maximum atomic E-state index is 14.4. The molecule has 2 aliphatic carbocycles. The molecule has 4 N–H and O–H groups in total. The molecule has 1 aromatic rings. The number of nitrogens with zero attached hydrogens (tertiary/aromatic N) is 4. The molecule has 1 unspecified atom stereocenters. The van der Waals surface area contributed by atoms with Crippen molar-refractivity contribution in [2.45, 2.75) is 31.3 Å². The lowest BCUT2D eigenvalue weighted by atomic mass is 9.99. The van der Waals surface area contributed by atoms with Gasteiger partial charge in [-0.1, -0.05) is 12.5 Å². The summed E-state index contributed by atoms with van der Waals surface area (Å²) in [5.41, 5.74) is 7.28. The van der Waals surface area contributed by atoms with E-state index in [-0.39, 0.29) is 35.7 Å². The summed E-state index contributed by atoms with van der Waals surface area (Å²) in [6.45, 7) is 4.01. The lowest BCUT2D eigenvalue weighted by molar-refractivity contribution is -0.121. The summed E-state index contributed by atoms with van der Waals surface area (Å²) in [5, 5.41) is 6.21. The number of carbonyl (C=O) groups is 1. The van der Waals surface area contributed by atoms with Gasteiger partial charge in [-0.05, 0) is 32.0 Å². The van der Waals surface area contributed by atoms with Crippen molar-refractivity contribution in [2.75, 3.05) is 51.0 Å². The van der Waals surface area contributed by atoms with Gasteiger partial charge >= 0.3 is 0 Å². The van der Waals surface area contributed by atoms with Gasteiger partial charge in [-0.15, -0.1) is 0 Å². The first-order valence-electron chi connectivity index (χ1n) is 11.4. The minimum absolute atomic E-state index is 0.0639. The predicted molar refractivity (Wildman–Crippen MR) is 125 cm³/mol. The highest BCUT2D eigenvalue weighted by Crippen LogP contribution is 2.29. The number of amides is 1. The lowest BCUT2D eigenvalue weighted by Crippen LogP contribution is -2.49. The van der Waals surface area contributed by atoms with Gasteiger partial charge in [-0.25, -0.2) is 9.37 Å². The van der Waals surface area contributed by atoms with Gasteiger partial charge < -0.3 is 26.0 Å². The zero-order valence-corrected chi connectivity index (χ0v) is 19.1. The van der Waals surface area contributed by atoms with Crippen LogP contribution in [0, 0.1) is 11.7 Å². The smallest absolute Gasteiger partial charge is 0.229 e. The lowest BCUT2D eigenvalue weighted by Gasteiger charge is -2.38. The molecule has 0 aromatic carbocycles. The standard InChI is InChI=1S/C23H32FN7O2/c1-30-8-10-31(11-9-30)20-7-6-16(12-15(20)14-33-2)27-23-26-13-18(24)22(29-23)28-19-5-3-4-17(19)21(25)32/h6-7,12-14,17,19-20H,3-5,8-11H2,1-2H3,(H2,25,32)(H2,26,27,28,29)/t17-,19+,20?/m0/s1. The van der Waals surface area contributed by atoms with Gasteiger partial charge in [0.25, 0.3) is 0 Å². The Labute approximate surface area is 193 Å². The molecule has 3 atom stereocenters. The van der Waals surface area contributed by atoms with Gasteiger partial charge in [0, 0.05) is 43.5 Å². The molecule has 3 aliphatic rings. The Morgan fingerprint density at radius 1 is 1.30 bits per heavy atom. The van der Waals surface area contributed by atoms with E-state index in [1.54, 1.807) is 13.4 Å². The van der Waals surface area contributed by atoms with Crippen molar-refractivity contribution in [3.63, 3.8) is 0 Å². The highest BCUT2D eigenvalue weighted by molar-refractivity contribution is 5.78. The number of primary amides is 1. The monoisotopic (exact) mass is 457 g/mol. The Hall–Kier alpha value is -2.98. The summed E-state index contributed by atoms with van der Waals surface area (Å²) in [7, 11) is 3.77. The Morgan fingerprint density at radius 2 is 2.09 bits per heavy atom. The molecule has 1 saturated carbocycles. The van der Waals surface area contributed by atoms with E-state index in [1.165, 1.54) is 0 Å². The van der Waals surface area contributed by atoms with E-state index in [1.807, 2.05) is 12.2 Å². The molecular formula is C23H32FN7O2. The number of anilines is 2. The van der Waals surface area contributed by atoms with E-state index >= 15 is 0 Å². The fourth-order valence-corrected chi connectivity index (χ4v) is 4.68.